The summed E-state index contributed by atoms with van der Waals surface area (Å²) < 4.78 is 0. The van der Waals surface area contributed by atoms with Crippen molar-refractivity contribution < 1.29 is 0 Å². The van der Waals surface area contributed by atoms with Gasteiger partial charge in [-0.05, 0) is 13.3 Å². The van der Waals surface area contributed by atoms with Crippen LogP contribution in [0.15, 0.2) is 4.99 Å². The average molecular weight is 142 g/mol. The van der Waals surface area contributed by atoms with E-state index in [1.54, 1.807) is 0 Å². The van der Waals surface area contributed by atoms with Crippen LogP contribution in [-0.2, 0) is 0 Å². The highest BCUT2D eigenvalue weighted by molar-refractivity contribution is 5.83. The SMILES string of the molecule is CCNC(=NC)C(C)CC. The maximum atomic E-state index is 4.15. The minimum absolute atomic E-state index is 0.574. The molecule has 0 aliphatic rings. The van der Waals surface area contributed by atoms with Crippen molar-refractivity contribution >= 4 is 5.84 Å². The number of hydrogen-bond acceptors (Lipinski definition) is 1. The van der Waals surface area contributed by atoms with Gasteiger partial charge >= 0.3 is 0 Å². The zero-order valence-electron chi connectivity index (χ0n) is 7.44. The third-order valence-electron chi connectivity index (χ3n) is 1.68. The minimum atomic E-state index is 0.574. The lowest BCUT2D eigenvalue weighted by molar-refractivity contribution is 0.702. The van der Waals surface area contributed by atoms with Gasteiger partial charge in [0.15, 0.2) is 0 Å². The summed E-state index contributed by atoms with van der Waals surface area (Å²) >= 11 is 0. The Bertz CT molecular complexity index is 108. The molecule has 0 aliphatic heterocycles. The Labute approximate surface area is 63.7 Å². The lowest BCUT2D eigenvalue weighted by Gasteiger charge is -2.12. The lowest BCUT2D eigenvalue weighted by atomic mass is 10.1. The molecule has 0 aromatic rings. The van der Waals surface area contributed by atoms with E-state index in [9.17, 15) is 0 Å². The molecule has 1 atom stereocenters. The van der Waals surface area contributed by atoms with E-state index < -0.39 is 0 Å². The van der Waals surface area contributed by atoms with Gasteiger partial charge in [0.05, 0.1) is 5.84 Å². The zero-order chi connectivity index (χ0) is 7.98. The van der Waals surface area contributed by atoms with E-state index in [4.69, 9.17) is 0 Å². The van der Waals surface area contributed by atoms with Gasteiger partial charge in [-0.3, -0.25) is 4.99 Å². The highest BCUT2D eigenvalue weighted by Gasteiger charge is 2.04. The molecule has 0 saturated carbocycles. The van der Waals surface area contributed by atoms with Crippen LogP contribution in [0.5, 0.6) is 0 Å². The minimum Gasteiger partial charge on any atom is -0.374 e. The van der Waals surface area contributed by atoms with Gasteiger partial charge in [0.1, 0.15) is 0 Å². The van der Waals surface area contributed by atoms with Crippen LogP contribution < -0.4 is 5.32 Å². The van der Waals surface area contributed by atoms with Gasteiger partial charge in [0.2, 0.25) is 0 Å². The first-order valence-corrected chi connectivity index (χ1v) is 3.96. The molecule has 2 heteroatoms. The van der Waals surface area contributed by atoms with E-state index in [0.29, 0.717) is 5.92 Å². The second kappa shape index (κ2) is 5.27. The van der Waals surface area contributed by atoms with Gasteiger partial charge in [0.25, 0.3) is 0 Å². The number of hydrogen-bond donors (Lipinski definition) is 1. The molecule has 10 heavy (non-hydrogen) atoms. The molecule has 0 saturated heterocycles. The highest BCUT2D eigenvalue weighted by atomic mass is 15.0. The molecule has 1 unspecified atom stereocenters. The van der Waals surface area contributed by atoms with E-state index in [1.165, 1.54) is 0 Å². The summed E-state index contributed by atoms with van der Waals surface area (Å²) in [4.78, 5) is 4.15. The van der Waals surface area contributed by atoms with Crippen molar-refractivity contribution in [3.8, 4) is 0 Å². The van der Waals surface area contributed by atoms with Crippen LogP contribution in [0, 0.1) is 5.92 Å². The fraction of sp³-hybridized carbons (Fsp3) is 0.875. The number of nitrogens with one attached hydrogen (secondary N) is 1. The van der Waals surface area contributed by atoms with Crippen LogP contribution in [0.4, 0.5) is 0 Å². The summed E-state index contributed by atoms with van der Waals surface area (Å²) in [6.45, 7) is 7.42. The normalized spacial score (nSPS) is 15.0. The van der Waals surface area contributed by atoms with E-state index in [0.717, 1.165) is 18.8 Å². The summed E-state index contributed by atoms with van der Waals surface area (Å²) in [7, 11) is 1.84. The first kappa shape index (κ1) is 9.47. The smallest absolute Gasteiger partial charge is 0.0987 e. The van der Waals surface area contributed by atoms with Gasteiger partial charge in [-0.2, -0.15) is 0 Å². The lowest BCUT2D eigenvalue weighted by Crippen LogP contribution is -2.28. The topological polar surface area (TPSA) is 24.4 Å². The molecule has 0 rings (SSSR count). The molecule has 2 nitrogen and oxygen atoms in total. The van der Waals surface area contributed by atoms with Gasteiger partial charge < -0.3 is 5.32 Å². The molecule has 1 N–H and O–H groups in total. The summed E-state index contributed by atoms with van der Waals surface area (Å²) in [5, 5.41) is 3.23. The second-order valence-corrected chi connectivity index (χ2v) is 2.45. The average Bonchev–Trinajstić information content (AvgIpc) is 1.99. The molecule has 0 fully saturated rings. The number of rotatable bonds is 3. The largest absolute Gasteiger partial charge is 0.374 e. The monoisotopic (exact) mass is 142 g/mol. The fourth-order valence-corrected chi connectivity index (χ4v) is 0.848. The van der Waals surface area contributed by atoms with Crippen molar-refractivity contribution in [1.29, 1.82) is 0 Å². The Balaban J connectivity index is 3.82. The highest BCUT2D eigenvalue weighted by Crippen LogP contribution is 2.00. The maximum Gasteiger partial charge on any atom is 0.0987 e. The standard InChI is InChI=1S/C8H18N2/c1-5-7(3)8(9-4)10-6-2/h7H,5-6H2,1-4H3,(H,9,10). The summed E-state index contributed by atoms with van der Waals surface area (Å²) in [5.74, 6) is 1.70. The third kappa shape index (κ3) is 2.85. The van der Waals surface area contributed by atoms with Gasteiger partial charge in [-0.15, -0.1) is 0 Å². The van der Waals surface area contributed by atoms with Gasteiger partial charge in [-0.1, -0.05) is 13.8 Å². The number of nitrogens with zero attached hydrogens (tertiary/aromatic N) is 1. The Morgan fingerprint density at radius 2 is 2.10 bits per heavy atom. The van der Waals surface area contributed by atoms with E-state index in [2.05, 4.69) is 31.1 Å². The molecular formula is C8H18N2. The second-order valence-electron chi connectivity index (χ2n) is 2.45. The predicted octanol–water partition coefficient (Wildman–Crippen LogP) is 1.67. The van der Waals surface area contributed by atoms with Crippen LogP contribution in [-0.4, -0.2) is 19.4 Å². The van der Waals surface area contributed by atoms with Crippen LogP contribution in [0.2, 0.25) is 0 Å². The van der Waals surface area contributed by atoms with Crippen LogP contribution >= 0.6 is 0 Å². The van der Waals surface area contributed by atoms with E-state index >= 15 is 0 Å². The van der Waals surface area contributed by atoms with Crippen molar-refractivity contribution in [2.24, 2.45) is 10.9 Å². The fourth-order valence-electron chi connectivity index (χ4n) is 0.848. The molecular weight excluding hydrogens is 124 g/mol. The predicted molar refractivity (Wildman–Crippen MR) is 46.5 cm³/mol. The van der Waals surface area contributed by atoms with Crippen molar-refractivity contribution in [2.45, 2.75) is 27.2 Å². The Morgan fingerprint density at radius 1 is 1.50 bits per heavy atom. The Morgan fingerprint density at radius 3 is 2.40 bits per heavy atom. The van der Waals surface area contributed by atoms with Crippen LogP contribution in [0.3, 0.4) is 0 Å². The molecule has 0 aromatic carbocycles. The zero-order valence-corrected chi connectivity index (χ0v) is 7.44. The van der Waals surface area contributed by atoms with Crippen molar-refractivity contribution in [3.05, 3.63) is 0 Å². The number of aliphatic imine (C=N–C) groups is 1. The van der Waals surface area contributed by atoms with Gasteiger partial charge in [0, 0.05) is 19.5 Å². The molecule has 0 heterocycles. The first-order chi connectivity index (χ1) is 4.76. The Hall–Kier alpha value is -0.530. The Kier molecular flexibility index (Phi) is 4.99. The van der Waals surface area contributed by atoms with Crippen molar-refractivity contribution in [1.82, 2.24) is 5.32 Å². The molecule has 0 amide bonds. The van der Waals surface area contributed by atoms with Crippen molar-refractivity contribution in [3.63, 3.8) is 0 Å². The van der Waals surface area contributed by atoms with Crippen LogP contribution in [0.25, 0.3) is 0 Å². The molecule has 60 valence electrons. The molecule has 0 aromatic heterocycles. The summed E-state index contributed by atoms with van der Waals surface area (Å²) in [6, 6.07) is 0. The molecule has 0 radical (unpaired) electrons. The van der Waals surface area contributed by atoms with Gasteiger partial charge in [-0.25, -0.2) is 0 Å². The van der Waals surface area contributed by atoms with Crippen LogP contribution in [0.1, 0.15) is 27.2 Å². The molecule has 0 spiro atoms. The maximum absolute atomic E-state index is 4.15. The third-order valence-corrected chi connectivity index (χ3v) is 1.68. The first-order valence-electron chi connectivity index (χ1n) is 3.96. The van der Waals surface area contributed by atoms with Crippen molar-refractivity contribution in [2.75, 3.05) is 13.6 Å². The summed E-state index contributed by atoms with van der Waals surface area (Å²) in [6.07, 6.45) is 1.15. The number of amidine groups is 1. The quantitative estimate of drug-likeness (QED) is 0.470. The molecule has 0 bridgehead atoms. The molecule has 0 aliphatic carbocycles. The van der Waals surface area contributed by atoms with E-state index in [1.807, 2.05) is 7.05 Å². The van der Waals surface area contributed by atoms with E-state index in [-0.39, 0.29) is 0 Å². The summed E-state index contributed by atoms with van der Waals surface area (Å²) in [5.41, 5.74) is 0.